The monoisotopic (exact) mass is 559 g/mol. The Bertz CT molecular complexity index is 584. The average molecular weight is 559 g/mol. The van der Waals surface area contributed by atoms with Gasteiger partial charge in [-0.25, -0.2) is 0 Å². The molecule has 0 heterocycles. The molecule has 0 bridgehead atoms. The Morgan fingerprint density at radius 3 is 1.13 bits per heavy atom. The molecule has 6 nitrogen and oxygen atoms in total. The molecule has 0 saturated carbocycles. The van der Waals surface area contributed by atoms with Crippen molar-refractivity contribution in [1.82, 2.24) is 0 Å². The second kappa shape index (κ2) is 41.1. The van der Waals surface area contributed by atoms with E-state index in [1.807, 2.05) is 20.8 Å². The Balaban J connectivity index is -0.000000127. The first kappa shape index (κ1) is 50.4. The highest BCUT2D eigenvalue weighted by molar-refractivity contribution is 5.86. The zero-order valence-electron chi connectivity index (χ0n) is 24.6. The Morgan fingerprint density at radius 1 is 0.462 bits per heavy atom. The number of hydrogen-bond acceptors (Lipinski definition) is 6. The van der Waals surface area contributed by atoms with E-state index in [1.165, 1.54) is 64.2 Å². The summed E-state index contributed by atoms with van der Waals surface area (Å²) in [5, 5.41) is 17.0. The van der Waals surface area contributed by atoms with Crippen LogP contribution in [0.2, 0.25) is 0 Å². The van der Waals surface area contributed by atoms with Crippen molar-refractivity contribution in [3.05, 3.63) is 0 Å². The van der Waals surface area contributed by atoms with Crippen LogP contribution in [0.5, 0.6) is 0 Å². The summed E-state index contributed by atoms with van der Waals surface area (Å²) >= 11 is 0. The summed E-state index contributed by atoms with van der Waals surface area (Å²) in [6.07, 6.45) is 17.0. The van der Waals surface area contributed by atoms with Crippen LogP contribution in [-0.4, -0.2) is 49.8 Å². The molecule has 0 aromatic rings. The zero-order chi connectivity index (χ0) is 26.6. The zero-order valence-corrected chi connectivity index (χ0v) is 24.6. The molecule has 0 rings (SSSR count). The highest BCUT2D eigenvalue weighted by atomic mass is 16.5. The summed E-state index contributed by atoms with van der Waals surface area (Å²) in [5.74, 6) is 0. The number of methoxy groups -OCH3 is 1. The summed E-state index contributed by atoms with van der Waals surface area (Å²) in [7, 11) is 1.71. The highest BCUT2D eigenvalue weighted by Gasteiger charge is 1.96. The standard InChI is InChI=1S/C15H30N2O.C14H28N2O.4CH4/c1-5-7-8-9-10-11-14(3)16-17-15(4)12-13-18-6-2;1-5-6-7-8-9-10-13(2)15-16-14(3)11-12-17-4;;;;/h5-13H2,1-4H3;5-12H2,1-4H3;4*1H4/b16-14+,17-15+;15-13+,16-14+;;;;. The van der Waals surface area contributed by atoms with Crippen molar-refractivity contribution in [2.24, 2.45) is 20.4 Å². The first-order valence-corrected chi connectivity index (χ1v) is 14.1. The van der Waals surface area contributed by atoms with Crippen molar-refractivity contribution in [2.45, 2.75) is 168 Å². The van der Waals surface area contributed by atoms with E-state index in [9.17, 15) is 0 Å². The molecule has 0 aliphatic rings. The van der Waals surface area contributed by atoms with Crippen molar-refractivity contribution in [1.29, 1.82) is 0 Å². The lowest BCUT2D eigenvalue weighted by Gasteiger charge is -2.01. The second-order valence-electron chi connectivity index (χ2n) is 9.36. The first-order valence-electron chi connectivity index (χ1n) is 14.1. The largest absolute Gasteiger partial charge is 0.384 e. The lowest BCUT2D eigenvalue weighted by atomic mass is 10.1. The normalized spacial score (nSPS) is 11.8. The van der Waals surface area contributed by atoms with Gasteiger partial charge in [-0.05, 0) is 60.3 Å². The molecule has 39 heavy (non-hydrogen) atoms. The predicted octanol–water partition coefficient (Wildman–Crippen LogP) is 11.4. The Labute approximate surface area is 247 Å². The van der Waals surface area contributed by atoms with Crippen LogP contribution in [0.25, 0.3) is 0 Å². The lowest BCUT2D eigenvalue weighted by Crippen LogP contribution is -2.00. The molecule has 0 amide bonds. The van der Waals surface area contributed by atoms with Crippen LogP contribution in [0.1, 0.15) is 168 Å². The summed E-state index contributed by atoms with van der Waals surface area (Å²) in [4.78, 5) is 0. The van der Waals surface area contributed by atoms with E-state index in [0.717, 1.165) is 68.4 Å². The first-order chi connectivity index (χ1) is 16.9. The molecule has 0 N–H and O–H groups in total. The van der Waals surface area contributed by atoms with Crippen LogP contribution in [0.3, 0.4) is 0 Å². The summed E-state index contributed by atoms with van der Waals surface area (Å²) in [5.41, 5.74) is 4.37. The number of ether oxygens (including phenoxy) is 2. The minimum Gasteiger partial charge on any atom is -0.384 e. The fourth-order valence-corrected chi connectivity index (χ4v) is 3.12. The van der Waals surface area contributed by atoms with Gasteiger partial charge in [-0.2, -0.15) is 20.4 Å². The van der Waals surface area contributed by atoms with Crippen molar-refractivity contribution < 1.29 is 9.47 Å². The molecular weight excluding hydrogens is 484 g/mol. The van der Waals surface area contributed by atoms with Gasteiger partial charge in [-0.3, -0.25) is 0 Å². The highest BCUT2D eigenvalue weighted by Crippen LogP contribution is 2.07. The topological polar surface area (TPSA) is 67.9 Å². The quantitative estimate of drug-likeness (QED) is 0.0798. The molecule has 0 spiro atoms. The van der Waals surface area contributed by atoms with Crippen molar-refractivity contribution in [2.75, 3.05) is 26.9 Å². The van der Waals surface area contributed by atoms with Gasteiger partial charge < -0.3 is 9.47 Å². The smallest absolute Gasteiger partial charge is 0.0518 e. The minimum absolute atomic E-state index is 0. The molecule has 238 valence electrons. The molecule has 0 aliphatic heterocycles. The molecule has 0 atom stereocenters. The Morgan fingerprint density at radius 2 is 0.795 bits per heavy atom. The number of unbranched alkanes of at least 4 members (excludes halogenated alkanes) is 8. The SMILES string of the molecule is C.C.C.C.CCCCCCC/C(C)=N/N=C(\C)CCOC.CCCCCCC/C(C)=N/N=C(\C)CCOCC. The van der Waals surface area contributed by atoms with Crippen LogP contribution in [0.15, 0.2) is 20.4 Å². The van der Waals surface area contributed by atoms with Gasteiger partial charge in [0.1, 0.15) is 0 Å². The maximum absolute atomic E-state index is 5.28. The molecule has 0 unspecified atom stereocenters. The molecule has 0 radical (unpaired) electrons. The third-order valence-corrected chi connectivity index (χ3v) is 5.55. The van der Waals surface area contributed by atoms with Crippen LogP contribution in [-0.2, 0) is 9.47 Å². The molecule has 6 heteroatoms. The van der Waals surface area contributed by atoms with E-state index in [1.54, 1.807) is 7.11 Å². The maximum atomic E-state index is 5.28. The Kier molecular flexibility index (Phi) is 53.1. The third kappa shape index (κ3) is 43.9. The summed E-state index contributed by atoms with van der Waals surface area (Å²) < 4.78 is 10.3. The van der Waals surface area contributed by atoms with Gasteiger partial charge in [-0.15, -0.1) is 0 Å². The van der Waals surface area contributed by atoms with Gasteiger partial charge in [0.2, 0.25) is 0 Å². The van der Waals surface area contributed by atoms with Gasteiger partial charge >= 0.3 is 0 Å². The molecular formula is C33H74N4O2. The molecule has 0 fully saturated rings. The molecule has 0 aromatic heterocycles. The van der Waals surface area contributed by atoms with E-state index >= 15 is 0 Å². The van der Waals surface area contributed by atoms with E-state index in [0.29, 0.717) is 0 Å². The number of hydrogen-bond donors (Lipinski definition) is 0. The van der Waals surface area contributed by atoms with Crippen LogP contribution < -0.4 is 0 Å². The summed E-state index contributed by atoms with van der Waals surface area (Å²) in [6.45, 7) is 16.9. The summed E-state index contributed by atoms with van der Waals surface area (Å²) in [6, 6.07) is 0. The van der Waals surface area contributed by atoms with Crippen LogP contribution in [0.4, 0.5) is 0 Å². The van der Waals surface area contributed by atoms with Crippen molar-refractivity contribution in [3.8, 4) is 0 Å². The molecule has 0 saturated heterocycles. The van der Waals surface area contributed by atoms with Gasteiger partial charge in [0.05, 0.1) is 13.2 Å². The third-order valence-electron chi connectivity index (χ3n) is 5.55. The van der Waals surface area contributed by atoms with Crippen molar-refractivity contribution >= 4 is 22.8 Å². The van der Waals surface area contributed by atoms with E-state index < -0.39 is 0 Å². The van der Waals surface area contributed by atoms with E-state index in [-0.39, 0.29) is 29.7 Å². The van der Waals surface area contributed by atoms with Crippen molar-refractivity contribution in [3.63, 3.8) is 0 Å². The average Bonchev–Trinajstić information content (AvgIpc) is 2.85. The second-order valence-corrected chi connectivity index (χ2v) is 9.36. The van der Waals surface area contributed by atoms with Gasteiger partial charge in [-0.1, -0.05) is 94.9 Å². The number of nitrogens with zero attached hydrogens (tertiary/aromatic N) is 4. The van der Waals surface area contributed by atoms with Gasteiger partial charge in [0.15, 0.2) is 0 Å². The number of rotatable bonds is 21. The molecule has 0 aliphatic carbocycles. The molecule has 0 aromatic carbocycles. The maximum Gasteiger partial charge on any atom is 0.0518 e. The van der Waals surface area contributed by atoms with Gasteiger partial charge in [0, 0.05) is 49.4 Å². The minimum atomic E-state index is 0. The van der Waals surface area contributed by atoms with Gasteiger partial charge in [0.25, 0.3) is 0 Å². The Hall–Kier alpha value is -1.40. The van der Waals surface area contributed by atoms with Crippen LogP contribution in [0, 0.1) is 0 Å². The van der Waals surface area contributed by atoms with E-state index in [2.05, 4.69) is 48.1 Å². The predicted molar refractivity (Wildman–Crippen MR) is 184 cm³/mol. The fraction of sp³-hybridized carbons (Fsp3) is 0.879. The lowest BCUT2D eigenvalue weighted by molar-refractivity contribution is 0.155. The van der Waals surface area contributed by atoms with E-state index in [4.69, 9.17) is 9.47 Å². The van der Waals surface area contributed by atoms with Crippen LogP contribution >= 0.6 is 0 Å². The fourth-order valence-electron chi connectivity index (χ4n) is 3.12.